The van der Waals surface area contributed by atoms with Crippen LogP contribution in [0.1, 0.15) is 290 Å². The van der Waals surface area contributed by atoms with Gasteiger partial charge in [-0.2, -0.15) is 0 Å². The van der Waals surface area contributed by atoms with E-state index < -0.39 is 6.10 Å². The number of ether oxygens (including phenoxy) is 3. The minimum atomic E-state index is -0.520. The molecule has 0 N–H and O–H groups in total. The SMILES string of the molecule is CCCCCCCCCCCCCCCCCCCCCCOCC(COC(=O)CCCCCCCCCCCCCCCCC)OC(=O)CCCCCCC. The number of carbonyl (C=O) groups is 2. The second-order valence-electron chi connectivity index (χ2n) is 17.5. The lowest BCUT2D eigenvalue weighted by molar-refractivity contribution is -0.163. The van der Waals surface area contributed by atoms with E-state index in [4.69, 9.17) is 14.2 Å². The number of rotatable bonds is 48. The molecule has 56 heavy (non-hydrogen) atoms. The van der Waals surface area contributed by atoms with Crippen LogP contribution < -0.4 is 0 Å². The van der Waals surface area contributed by atoms with Gasteiger partial charge in [0.1, 0.15) is 6.61 Å². The Morgan fingerprint density at radius 2 is 0.589 bits per heavy atom. The summed E-state index contributed by atoms with van der Waals surface area (Å²) in [4.78, 5) is 25.1. The molecule has 0 heterocycles. The molecule has 1 atom stereocenters. The summed E-state index contributed by atoms with van der Waals surface area (Å²) in [5.41, 5.74) is 0. The molecule has 1 unspecified atom stereocenters. The second kappa shape index (κ2) is 48.3. The predicted octanol–water partition coefficient (Wildman–Crippen LogP) is 16.9. The summed E-state index contributed by atoms with van der Waals surface area (Å²) in [5.74, 6) is -0.387. The van der Waals surface area contributed by atoms with Crippen molar-refractivity contribution < 1.29 is 23.8 Å². The van der Waals surface area contributed by atoms with Crippen molar-refractivity contribution in [2.45, 2.75) is 297 Å². The highest BCUT2D eigenvalue weighted by Crippen LogP contribution is 2.17. The zero-order chi connectivity index (χ0) is 40.7. The Bertz CT molecular complexity index is 769. The summed E-state index contributed by atoms with van der Waals surface area (Å²) in [7, 11) is 0. The van der Waals surface area contributed by atoms with Crippen LogP contribution >= 0.6 is 0 Å². The lowest BCUT2D eigenvalue weighted by Gasteiger charge is -2.18. The van der Waals surface area contributed by atoms with Crippen molar-refractivity contribution in [2.24, 2.45) is 0 Å². The first-order chi connectivity index (χ1) is 27.6. The van der Waals surface area contributed by atoms with E-state index in [1.807, 2.05) is 0 Å². The van der Waals surface area contributed by atoms with E-state index in [1.165, 1.54) is 218 Å². The highest BCUT2D eigenvalue weighted by molar-refractivity contribution is 5.70. The Morgan fingerprint density at radius 3 is 0.911 bits per heavy atom. The first-order valence-corrected chi connectivity index (χ1v) is 25.6. The predicted molar refractivity (Wildman–Crippen MR) is 243 cm³/mol. The average Bonchev–Trinajstić information content (AvgIpc) is 3.20. The largest absolute Gasteiger partial charge is 0.462 e. The van der Waals surface area contributed by atoms with E-state index in [0.717, 1.165) is 38.5 Å². The van der Waals surface area contributed by atoms with Gasteiger partial charge in [0.05, 0.1) is 6.61 Å². The molecule has 5 nitrogen and oxygen atoms in total. The quantitative estimate of drug-likeness (QED) is 0.0454. The number of hydrogen-bond acceptors (Lipinski definition) is 5. The maximum atomic E-state index is 12.6. The van der Waals surface area contributed by atoms with Gasteiger partial charge < -0.3 is 14.2 Å². The number of carbonyl (C=O) groups excluding carboxylic acids is 2. The Hall–Kier alpha value is -1.10. The zero-order valence-corrected chi connectivity index (χ0v) is 38.4. The van der Waals surface area contributed by atoms with Crippen molar-refractivity contribution in [3.63, 3.8) is 0 Å². The van der Waals surface area contributed by atoms with E-state index in [-0.39, 0.29) is 18.5 Å². The lowest BCUT2D eigenvalue weighted by atomic mass is 10.0. The first-order valence-electron chi connectivity index (χ1n) is 25.6. The van der Waals surface area contributed by atoms with Gasteiger partial charge in [0.2, 0.25) is 0 Å². The number of esters is 2. The van der Waals surface area contributed by atoms with Gasteiger partial charge in [-0.05, 0) is 19.3 Å². The van der Waals surface area contributed by atoms with E-state index in [1.54, 1.807) is 0 Å². The van der Waals surface area contributed by atoms with Gasteiger partial charge in [0.25, 0.3) is 0 Å². The third-order valence-electron chi connectivity index (χ3n) is 11.6. The van der Waals surface area contributed by atoms with E-state index in [2.05, 4.69) is 20.8 Å². The Morgan fingerprint density at radius 1 is 0.321 bits per heavy atom. The third-order valence-corrected chi connectivity index (χ3v) is 11.6. The molecule has 0 bridgehead atoms. The minimum absolute atomic E-state index is 0.0956. The van der Waals surface area contributed by atoms with Crippen LogP contribution in [0.4, 0.5) is 0 Å². The summed E-state index contributed by atoms with van der Waals surface area (Å²) >= 11 is 0. The smallest absolute Gasteiger partial charge is 0.306 e. The molecule has 0 amide bonds. The van der Waals surface area contributed by atoms with Crippen molar-refractivity contribution >= 4 is 11.9 Å². The molecular formula is C51H100O5. The molecule has 0 fully saturated rings. The van der Waals surface area contributed by atoms with Crippen LogP contribution in [0.15, 0.2) is 0 Å². The third kappa shape index (κ3) is 45.6. The molecule has 0 aliphatic rings. The maximum Gasteiger partial charge on any atom is 0.306 e. The molecular weight excluding hydrogens is 693 g/mol. The first kappa shape index (κ1) is 54.9. The average molecular weight is 793 g/mol. The highest BCUT2D eigenvalue weighted by Gasteiger charge is 2.17. The highest BCUT2D eigenvalue weighted by atomic mass is 16.6. The van der Waals surface area contributed by atoms with E-state index in [9.17, 15) is 9.59 Å². The normalized spacial score (nSPS) is 12.0. The van der Waals surface area contributed by atoms with Crippen molar-refractivity contribution in [1.82, 2.24) is 0 Å². The Labute approximate surface area is 351 Å². The van der Waals surface area contributed by atoms with E-state index in [0.29, 0.717) is 26.1 Å². The van der Waals surface area contributed by atoms with Crippen LogP contribution in [-0.4, -0.2) is 37.9 Å². The van der Waals surface area contributed by atoms with Gasteiger partial charge in [0, 0.05) is 19.4 Å². The molecule has 0 saturated heterocycles. The number of hydrogen-bond donors (Lipinski definition) is 0. The molecule has 0 aliphatic heterocycles. The fraction of sp³-hybridized carbons (Fsp3) is 0.961. The lowest BCUT2D eigenvalue weighted by Crippen LogP contribution is -2.30. The topological polar surface area (TPSA) is 61.8 Å². The fourth-order valence-corrected chi connectivity index (χ4v) is 7.81. The van der Waals surface area contributed by atoms with Gasteiger partial charge in [-0.25, -0.2) is 0 Å². The standard InChI is InChI=1S/C51H100O5/c1-4-7-10-13-15-17-19-21-23-24-25-26-27-29-31-33-35-37-40-43-46-54-47-49(56-51(53)45-42-38-12-9-6-3)48-55-50(52)44-41-39-36-34-32-30-28-22-20-18-16-14-11-8-5-2/h49H,4-48H2,1-3H3. The molecule has 0 aromatic heterocycles. The van der Waals surface area contributed by atoms with E-state index >= 15 is 0 Å². The molecule has 0 aliphatic carbocycles. The Balaban J connectivity index is 3.92. The van der Waals surface area contributed by atoms with Gasteiger partial charge in [-0.3, -0.25) is 9.59 Å². The molecule has 0 spiro atoms. The van der Waals surface area contributed by atoms with Crippen LogP contribution in [-0.2, 0) is 23.8 Å². The van der Waals surface area contributed by atoms with Crippen LogP contribution in [0.3, 0.4) is 0 Å². The van der Waals surface area contributed by atoms with Crippen LogP contribution in [0.2, 0.25) is 0 Å². The van der Waals surface area contributed by atoms with Crippen molar-refractivity contribution in [2.75, 3.05) is 19.8 Å². The van der Waals surface area contributed by atoms with Crippen LogP contribution in [0.25, 0.3) is 0 Å². The molecule has 0 aromatic carbocycles. The van der Waals surface area contributed by atoms with Crippen molar-refractivity contribution in [3.05, 3.63) is 0 Å². The molecule has 0 rings (SSSR count). The van der Waals surface area contributed by atoms with Gasteiger partial charge in [-0.15, -0.1) is 0 Å². The van der Waals surface area contributed by atoms with Gasteiger partial charge in [0.15, 0.2) is 6.10 Å². The summed E-state index contributed by atoms with van der Waals surface area (Å²) in [5, 5.41) is 0. The minimum Gasteiger partial charge on any atom is -0.462 e. The van der Waals surface area contributed by atoms with Crippen molar-refractivity contribution in [1.29, 1.82) is 0 Å². The summed E-state index contributed by atoms with van der Waals surface area (Å²) in [6.07, 6.45) is 52.9. The Kier molecular flexibility index (Phi) is 47.3. The van der Waals surface area contributed by atoms with Gasteiger partial charge >= 0.3 is 11.9 Å². The monoisotopic (exact) mass is 793 g/mol. The molecule has 0 radical (unpaired) electrons. The zero-order valence-electron chi connectivity index (χ0n) is 38.4. The molecule has 334 valence electrons. The maximum absolute atomic E-state index is 12.6. The van der Waals surface area contributed by atoms with Gasteiger partial charge in [-0.1, -0.05) is 258 Å². The molecule has 0 saturated carbocycles. The fourth-order valence-electron chi connectivity index (χ4n) is 7.81. The summed E-state index contributed by atoms with van der Waals surface area (Å²) in [6.45, 7) is 7.83. The number of unbranched alkanes of at least 4 members (excludes halogenated alkanes) is 37. The summed E-state index contributed by atoms with van der Waals surface area (Å²) in [6, 6.07) is 0. The van der Waals surface area contributed by atoms with Crippen LogP contribution in [0, 0.1) is 0 Å². The molecule has 0 aromatic rings. The summed E-state index contributed by atoms with van der Waals surface area (Å²) < 4.78 is 17.3. The van der Waals surface area contributed by atoms with Crippen molar-refractivity contribution in [3.8, 4) is 0 Å². The molecule has 5 heteroatoms. The van der Waals surface area contributed by atoms with Crippen LogP contribution in [0.5, 0.6) is 0 Å². The second-order valence-corrected chi connectivity index (χ2v) is 17.5.